The summed E-state index contributed by atoms with van der Waals surface area (Å²) in [6.45, 7) is 5.71. The van der Waals surface area contributed by atoms with Crippen LogP contribution < -0.4 is 15.3 Å². The molecule has 0 unspecified atom stereocenters. The molecule has 2 aliphatic rings. The third-order valence-corrected chi connectivity index (χ3v) is 7.28. The molecule has 1 fully saturated rings. The summed E-state index contributed by atoms with van der Waals surface area (Å²) in [7, 11) is 0. The molecule has 2 atom stereocenters. The number of aryl methyl sites for hydroxylation is 1. The Labute approximate surface area is 200 Å². The molecule has 2 aromatic carbocycles. The third kappa shape index (κ3) is 4.47. The number of carbonyl (C=O) groups is 1. The molecule has 34 heavy (non-hydrogen) atoms. The van der Waals surface area contributed by atoms with E-state index in [4.69, 9.17) is 9.15 Å². The van der Waals surface area contributed by atoms with Crippen LogP contribution >= 0.6 is 0 Å². The van der Waals surface area contributed by atoms with E-state index in [0.717, 1.165) is 42.2 Å². The van der Waals surface area contributed by atoms with E-state index in [1.807, 2.05) is 42.5 Å². The Bertz CT molecular complexity index is 1230. The minimum Gasteiger partial charge on any atom is -0.489 e. The first-order chi connectivity index (χ1) is 16.5. The highest BCUT2D eigenvalue weighted by Gasteiger charge is 2.32. The highest BCUT2D eigenvalue weighted by molar-refractivity contribution is 5.98. The van der Waals surface area contributed by atoms with E-state index < -0.39 is 5.63 Å². The van der Waals surface area contributed by atoms with E-state index in [9.17, 15) is 9.59 Å². The lowest BCUT2D eigenvalue weighted by Crippen LogP contribution is -2.51. The van der Waals surface area contributed by atoms with Crippen LogP contribution in [0.4, 0.5) is 5.69 Å². The average Bonchev–Trinajstić information content (AvgIpc) is 2.85. The van der Waals surface area contributed by atoms with Crippen LogP contribution in [0.2, 0.25) is 0 Å². The second-order valence-electron chi connectivity index (χ2n) is 9.60. The highest BCUT2D eigenvalue weighted by Crippen LogP contribution is 2.33. The Balaban J connectivity index is 1.44. The number of rotatable bonds is 5. The molecule has 0 radical (unpaired) electrons. The fourth-order valence-corrected chi connectivity index (χ4v) is 5.39. The molecule has 2 aliphatic heterocycles. The topological polar surface area (TPSA) is 63.0 Å². The zero-order chi connectivity index (χ0) is 23.7. The van der Waals surface area contributed by atoms with Crippen LogP contribution in [0.15, 0.2) is 57.7 Å². The van der Waals surface area contributed by atoms with Gasteiger partial charge in [-0.25, -0.2) is 4.79 Å². The number of ether oxygens (including phenoxy) is 1. The fraction of sp³-hybridized carbons (Fsp3) is 0.429. The minimum atomic E-state index is -0.437. The predicted molar refractivity (Wildman–Crippen MR) is 133 cm³/mol. The largest absolute Gasteiger partial charge is 0.489 e. The number of hydrogen-bond acceptors (Lipinski definition) is 5. The normalized spacial score (nSPS) is 20.8. The van der Waals surface area contributed by atoms with Gasteiger partial charge in [0.2, 0.25) is 5.91 Å². The average molecular weight is 461 g/mol. The number of benzene rings is 2. The predicted octanol–water partition coefficient (Wildman–Crippen LogP) is 4.91. The Morgan fingerprint density at radius 3 is 2.59 bits per heavy atom. The van der Waals surface area contributed by atoms with Gasteiger partial charge in [0, 0.05) is 24.0 Å². The summed E-state index contributed by atoms with van der Waals surface area (Å²) in [5, 5.41) is 0.845. The lowest BCUT2D eigenvalue weighted by atomic mass is 9.96. The first-order valence-corrected chi connectivity index (χ1v) is 12.3. The third-order valence-electron chi connectivity index (χ3n) is 7.28. The molecule has 3 heterocycles. The van der Waals surface area contributed by atoms with Gasteiger partial charge in [0.15, 0.2) is 0 Å². The maximum atomic E-state index is 13.4. The van der Waals surface area contributed by atoms with Crippen LogP contribution in [-0.4, -0.2) is 36.0 Å². The summed E-state index contributed by atoms with van der Waals surface area (Å²) in [6, 6.07) is 16.3. The molecule has 3 aromatic rings. The van der Waals surface area contributed by atoms with Gasteiger partial charge in [0.1, 0.15) is 23.6 Å². The molecule has 6 heteroatoms. The van der Waals surface area contributed by atoms with Crippen LogP contribution in [0.3, 0.4) is 0 Å². The second kappa shape index (κ2) is 9.63. The summed E-state index contributed by atoms with van der Waals surface area (Å²) in [4.78, 5) is 30.4. The van der Waals surface area contributed by atoms with Crippen molar-refractivity contribution in [3.8, 4) is 5.75 Å². The van der Waals surface area contributed by atoms with Crippen molar-refractivity contribution in [1.82, 2.24) is 4.90 Å². The van der Waals surface area contributed by atoms with Crippen molar-refractivity contribution in [1.29, 1.82) is 0 Å². The SMILES string of the molecule is C[C@@H]1CCC[C@H](C)N1CC(=O)N1CCCc2c1c(=O)oc1ccc(OCc3ccccc3)cc21. The smallest absolute Gasteiger partial charge is 0.360 e. The van der Waals surface area contributed by atoms with Crippen molar-refractivity contribution in [2.45, 2.75) is 64.6 Å². The number of nitrogens with zero attached hydrogens (tertiary/aromatic N) is 2. The fourth-order valence-electron chi connectivity index (χ4n) is 5.39. The number of carbonyl (C=O) groups excluding carboxylic acids is 1. The van der Waals surface area contributed by atoms with Crippen molar-refractivity contribution >= 4 is 22.6 Å². The van der Waals surface area contributed by atoms with E-state index in [0.29, 0.717) is 48.8 Å². The van der Waals surface area contributed by atoms with Gasteiger partial charge in [-0.3, -0.25) is 9.69 Å². The number of amides is 1. The molecule has 0 N–H and O–H groups in total. The van der Waals surface area contributed by atoms with Gasteiger partial charge < -0.3 is 14.1 Å². The van der Waals surface area contributed by atoms with Gasteiger partial charge in [-0.1, -0.05) is 36.8 Å². The molecule has 1 amide bonds. The molecule has 0 aliphatic carbocycles. The number of piperidine rings is 1. The van der Waals surface area contributed by atoms with Gasteiger partial charge in [-0.2, -0.15) is 0 Å². The van der Waals surface area contributed by atoms with Crippen LogP contribution in [-0.2, 0) is 17.8 Å². The molecule has 0 bridgehead atoms. The monoisotopic (exact) mass is 460 g/mol. The van der Waals surface area contributed by atoms with E-state index in [1.165, 1.54) is 6.42 Å². The number of hydrogen-bond donors (Lipinski definition) is 0. The van der Waals surface area contributed by atoms with Gasteiger partial charge in [0.25, 0.3) is 0 Å². The van der Waals surface area contributed by atoms with E-state index in [-0.39, 0.29) is 5.91 Å². The summed E-state index contributed by atoms with van der Waals surface area (Å²) in [6.07, 6.45) is 4.96. The standard InChI is InChI=1S/C28H32N2O4/c1-19-8-6-9-20(2)30(19)17-26(31)29-15-7-12-23-24-16-22(33-18-21-10-4-3-5-11-21)13-14-25(24)34-28(32)27(23)29/h3-5,10-11,13-14,16,19-20H,6-9,12,15,17-18H2,1-2H3/t19-,20+. The summed E-state index contributed by atoms with van der Waals surface area (Å²) < 4.78 is 11.7. The van der Waals surface area contributed by atoms with Crippen molar-refractivity contribution < 1.29 is 13.9 Å². The zero-order valence-electron chi connectivity index (χ0n) is 20.0. The van der Waals surface area contributed by atoms with E-state index >= 15 is 0 Å². The van der Waals surface area contributed by atoms with Crippen molar-refractivity contribution in [3.63, 3.8) is 0 Å². The Morgan fingerprint density at radius 1 is 1.06 bits per heavy atom. The summed E-state index contributed by atoms with van der Waals surface area (Å²) in [5.41, 5.74) is 2.47. The summed E-state index contributed by atoms with van der Waals surface area (Å²) >= 11 is 0. The Kier molecular flexibility index (Phi) is 6.42. The van der Waals surface area contributed by atoms with Crippen molar-refractivity contribution in [3.05, 3.63) is 70.1 Å². The van der Waals surface area contributed by atoms with Crippen molar-refractivity contribution in [2.75, 3.05) is 18.0 Å². The quantitative estimate of drug-likeness (QED) is 0.506. The lowest BCUT2D eigenvalue weighted by molar-refractivity contribution is -0.121. The van der Waals surface area contributed by atoms with Crippen molar-refractivity contribution in [2.24, 2.45) is 0 Å². The number of likely N-dealkylation sites (tertiary alicyclic amines) is 1. The Morgan fingerprint density at radius 2 is 1.82 bits per heavy atom. The highest BCUT2D eigenvalue weighted by atomic mass is 16.5. The molecule has 178 valence electrons. The van der Waals surface area contributed by atoms with E-state index in [2.05, 4.69) is 18.7 Å². The van der Waals surface area contributed by atoms with Gasteiger partial charge in [-0.05, 0) is 68.9 Å². The lowest BCUT2D eigenvalue weighted by Gasteiger charge is -2.40. The molecule has 0 spiro atoms. The Hall–Kier alpha value is -3.12. The zero-order valence-corrected chi connectivity index (χ0v) is 20.0. The van der Waals surface area contributed by atoms with Crippen LogP contribution in [0, 0.1) is 0 Å². The number of fused-ring (bicyclic) bond motifs is 3. The summed E-state index contributed by atoms with van der Waals surface area (Å²) in [5.74, 6) is 0.691. The molecule has 1 saturated heterocycles. The number of anilines is 1. The van der Waals surface area contributed by atoms with Crippen LogP contribution in [0.5, 0.6) is 5.75 Å². The molecular weight excluding hydrogens is 428 g/mol. The van der Waals surface area contributed by atoms with Crippen LogP contribution in [0.1, 0.15) is 50.7 Å². The molecule has 0 saturated carbocycles. The first kappa shape index (κ1) is 22.7. The molecular formula is C28H32N2O4. The second-order valence-corrected chi connectivity index (χ2v) is 9.60. The van der Waals surface area contributed by atoms with Gasteiger partial charge in [-0.15, -0.1) is 0 Å². The first-order valence-electron chi connectivity index (χ1n) is 12.3. The maximum absolute atomic E-state index is 13.4. The van der Waals surface area contributed by atoms with E-state index in [1.54, 1.807) is 11.0 Å². The van der Waals surface area contributed by atoms with Gasteiger partial charge in [0.05, 0.1) is 6.54 Å². The molecule has 1 aromatic heterocycles. The molecule has 5 rings (SSSR count). The maximum Gasteiger partial charge on any atom is 0.360 e. The molecule has 6 nitrogen and oxygen atoms in total. The minimum absolute atomic E-state index is 0.0234. The van der Waals surface area contributed by atoms with Gasteiger partial charge >= 0.3 is 5.63 Å². The van der Waals surface area contributed by atoms with Crippen LogP contribution in [0.25, 0.3) is 11.0 Å².